The van der Waals surface area contributed by atoms with Crippen LogP contribution < -0.4 is 9.80 Å². The molecule has 0 spiro atoms. The Morgan fingerprint density at radius 1 is 0.247 bits per heavy atom. The molecule has 0 radical (unpaired) electrons. The molecule has 0 amide bonds. The Morgan fingerprint density at radius 2 is 0.623 bits per heavy atom. The lowest BCUT2D eigenvalue weighted by Crippen LogP contribution is -2.17. The van der Waals surface area contributed by atoms with E-state index in [9.17, 15) is 0 Å². The van der Waals surface area contributed by atoms with Crippen LogP contribution in [0.1, 0.15) is 25.0 Å². The van der Waals surface area contributed by atoms with Crippen molar-refractivity contribution in [2.75, 3.05) is 9.80 Å². The standard InChI is InChI=1S/C75H52N2/c1-75(2)72-48-58(77(54-23-7-4-8-24-54)56-39-35-50(36-40-56)70-46-52-20-10-12-26-60(52)62-28-14-16-30-64(62)70)42-44-68(72)73-66-32-18-17-31-65(66)71-47-57(41-43-67(71)74(73)75)76(53-21-5-3-6-22-53)55-37-33-49(34-38-55)69-45-51-19-9-11-25-59(51)61-27-13-15-29-63(61)69/h3-48H,1-2H3. The molecule has 0 atom stereocenters. The fraction of sp³-hybridized carbons (Fsp3) is 0.0400. The summed E-state index contributed by atoms with van der Waals surface area (Å²) in [7, 11) is 0. The lowest BCUT2D eigenvalue weighted by molar-refractivity contribution is 0.666. The van der Waals surface area contributed by atoms with Gasteiger partial charge in [0, 0.05) is 39.5 Å². The molecule has 0 fully saturated rings. The molecule has 0 unspecified atom stereocenters. The van der Waals surface area contributed by atoms with Crippen molar-refractivity contribution in [3.05, 3.63) is 290 Å². The van der Waals surface area contributed by atoms with Crippen LogP contribution in [0.2, 0.25) is 0 Å². The molecule has 2 nitrogen and oxygen atoms in total. The van der Waals surface area contributed by atoms with Crippen molar-refractivity contribution in [1.29, 1.82) is 0 Å². The number of nitrogens with zero attached hydrogens (tertiary/aromatic N) is 2. The average Bonchev–Trinajstić information content (AvgIpc) is 3.97. The maximum Gasteiger partial charge on any atom is 0.0468 e. The minimum absolute atomic E-state index is 0.310. The molecule has 1 aliphatic carbocycles. The summed E-state index contributed by atoms with van der Waals surface area (Å²) in [5, 5.41) is 15.2. The van der Waals surface area contributed by atoms with E-state index in [0.717, 1.165) is 34.1 Å². The zero-order valence-corrected chi connectivity index (χ0v) is 43.0. The fourth-order valence-electron chi connectivity index (χ4n) is 13.0. The molecule has 77 heavy (non-hydrogen) atoms. The molecule has 14 aromatic carbocycles. The Bertz CT molecular complexity index is 4630. The quantitative estimate of drug-likeness (QED) is 0.140. The topological polar surface area (TPSA) is 6.48 Å². The van der Waals surface area contributed by atoms with Gasteiger partial charge in [-0.2, -0.15) is 0 Å². The number of fused-ring (bicyclic) bond motifs is 14. The third-order valence-electron chi connectivity index (χ3n) is 16.5. The first-order valence-electron chi connectivity index (χ1n) is 26.8. The second kappa shape index (κ2) is 17.7. The third kappa shape index (κ3) is 7.17. The molecular formula is C75H52N2. The van der Waals surface area contributed by atoms with Gasteiger partial charge in [-0.3, -0.25) is 0 Å². The maximum atomic E-state index is 2.46. The molecule has 0 bridgehead atoms. The van der Waals surface area contributed by atoms with Crippen LogP contribution in [-0.4, -0.2) is 0 Å². The van der Waals surface area contributed by atoms with Gasteiger partial charge >= 0.3 is 0 Å². The molecule has 362 valence electrons. The smallest absolute Gasteiger partial charge is 0.0468 e. The molecule has 0 saturated carbocycles. The van der Waals surface area contributed by atoms with Gasteiger partial charge in [-0.05, 0) is 194 Å². The Hall–Kier alpha value is -9.76. The van der Waals surface area contributed by atoms with E-state index in [0.29, 0.717) is 0 Å². The van der Waals surface area contributed by atoms with Crippen LogP contribution >= 0.6 is 0 Å². The number of rotatable bonds is 8. The van der Waals surface area contributed by atoms with Crippen LogP contribution in [0.25, 0.3) is 98.0 Å². The molecule has 0 aromatic heterocycles. The lowest BCUT2D eigenvalue weighted by Gasteiger charge is -2.29. The van der Waals surface area contributed by atoms with E-state index in [2.05, 4.69) is 303 Å². The number of para-hydroxylation sites is 2. The number of hydrogen-bond donors (Lipinski definition) is 0. The van der Waals surface area contributed by atoms with Crippen molar-refractivity contribution in [2.45, 2.75) is 19.3 Å². The third-order valence-corrected chi connectivity index (χ3v) is 16.5. The molecule has 0 heterocycles. The van der Waals surface area contributed by atoms with E-state index in [1.807, 2.05) is 0 Å². The maximum absolute atomic E-state index is 2.46. The first-order chi connectivity index (χ1) is 38.0. The van der Waals surface area contributed by atoms with Crippen molar-refractivity contribution >= 4 is 98.8 Å². The SMILES string of the molecule is CC1(C)c2cc(N(c3ccccc3)c3ccc(-c4cc5ccccc5c5ccccc45)cc3)ccc2-c2c1c1ccc(N(c3ccccc3)c3ccc(-c4cc5ccccc5c5ccccc45)cc3)cc1c1ccccc21. The lowest BCUT2D eigenvalue weighted by atomic mass is 9.79. The average molecular weight is 981 g/mol. The van der Waals surface area contributed by atoms with E-state index >= 15 is 0 Å². The molecule has 0 aliphatic heterocycles. The van der Waals surface area contributed by atoms with Gasteiger partial charge in [-0.15, -0.1) is 0 Å². The predicted octanol–water partition coefficient (Wildman–Crippen LogP) is 21.2. The van der Waals surface area contributed by atoms with Gasteiger partial charge in [0.15, 0.2) is 0 Å². The largest absolute Gasteiger partial charge is 0.310 e. The highest BCUT2D eigenvalue weighted by Crippen LogP contribution is 2.56. The second-order valence-corrected chi connectivity index (χ2v) is 21.2. The van der Waals surface area contributed by atoms with Crippen molar-refractivity contribution in [3.63, 3.8) is 0 Å². The first-order valence-corrected chi connectivity index (χ1v) is 26.8. The Balaban J connectivity index is 0.834. The van der Waals surface area contributed by atoms with Crippen LogP contribution in [0.15, 0.2) is 279 Å². The molecule has 0 N–H and O–H groups in total. The normalized spacial score (nSPS) is 12.6. The molecular weight excluding hydrogens is 929 g/mol. The van der Waals surface area contributed by atoms with Gasteiger partial charge in [0.25, 0.3) is 0 Å². The summed E-state index contributed by atoms with van der Waals surface area (Å²) in [5.74, 6) is 0. The molecule has 0 saturated heterocycles. The molecule has 2 heteroatoms. The number of anilines is 6. The summed E-state index contributed by atoms with van der Waals surface area (Å²) in [6, 6.07) is 103. The number of hydrogen-bond acceptors (Lipinski definition) is 2. The van der Waals surface area contributed by atoms with Crippen LogP contribution in [0.5, 0.6) is 0 Å². The van der Waals surface area contributed by atoms with Gasteiger partial charge in [0.2, 0.25) is 0 Å². The Morgan fingerprint density at radius 3 is 1.13 bits per heavy atom. The summed E-state index contributed by atoms with van der Waals surface area (Å²) < 4.78 is 0. The highest BCUT2D eigenvalue weighted by Gasteiger charge is 2.39. The van der Waals surface area contributed by atoms with Crippen LogP contribution in [0.4, 0.5) is 34.1 Å². The fourth-order valence-corrected chi connectivity index (χ4v) is 13.0. The van der Waals surface area contributed by atoms with Crippen molar-refractivity contribution < 1.29 is 0 Å². The molecule has 1 aliphatic rings. The summed E-state index contributed by atoms with van der Waals surface area (Å²) in [4.78, 5) is 4.82. The van der Waals surface area contributed by atoms with Crippen molar-refractivity contribution in [3.8, 4) is 33.4 Å². The van der Waals surface area contributed by atoms with Gasteiger partial charge in [-0.25, -0.2) is 0 Å². The van der Waals surface area contributed by atoms with E-state index in [-0.39, 0.29) is 5.41 Å². The van der Waals surface area contributed by atoms with Crippen LogP contribution in [-0.2, 0) is 5.41 Å². The molecule has 14 aromatic rings. The van der Waals surface area contributed by atoms with Crippen molar-refractivity contribution in [2.24, 2.45) is 0 Å². The van der Waals surface area contributed by atoms with Gasteiger partial charge < -0.3 is 9.80 Å². The summed E-state index contributed by atoms with van der Waals surface area (Å²) in [5.41, 5.74) is 16.6. The van der Waals surface area contributed by atoms with E-state index in [1.165, 1.54) is 109 Å². The van der Waals surface area contributed by atoms with Gasteiger partial charge in [0.05, 0.1) is 0 Å². The van der Waals surface area contributed by atoms with Gasteiger partial charge in [-0.1, -0.05) is 208 Å². The van der Waals surface area contributed by atoms with E-state index < -0.39 is 0 Å². The predicted molar refractivity (Wildman–Crippen MR) is 329 cm³/mol. The Labute approximate surface area is 449 Å². The summed E-state index contributed by atoms with van der Waals surface area (Å²) in [6.07, 6.45) is 0. The second-order valence-electron chi connectivity index (χ2n) is 21.2. The van der Waals surface area contributed by atoms with Crippen LogP contribution in [0.3, 0.4) is 0 Å². The monoisotopic (exact) mass is 980 g/mol. The zero-order valence-electron chi connectivity index (χ0n) is 43.0. The summed E-state index contributed by atoms with van der Waals surface area (Å²) >= 11 is 0. The number of benzene rings is 14. The molecule has 15 rings (SSSR count). The minimum Gasteiger partial charge on any atom is -0.310 e. The van der Waals surface area contributed by atoms with Crippen LogP contribution in [0, 0.1) is 0 Å². The summed E-state index contributed by atoms with van der Waals surface area (Å²) in [6.45, 7) is 4.85. The van der Waals surface area contributed by atoms with E-state index in [1.54, 1.807) is 0 Å². The van der Waals surface area contributed by atoms with Crippen molar-refractivity contribution in [1.82, 2.24) is 0 Å². The first kappa shape index (κ1) is 44.7. The van der Waals surface area contributed by atoms with E-state index in [4.69, 9.17) is 0 Å². The minimum atomic E-state index is -0.310. The van der Waals surface area contributed by atoms with Gasteiger partial charge in [0.1, 0.15) is 0 Å². The highest BCUT2D eigenvalue weighted by molar-refractivity contribution is 6.20. The zero-order chi connectivity index (χ0) is 51.2. The Kier molecular flexibility index (Phi) is 10.3. The highest BCUT2D eigenvalue weighted by atomic mass is 15.1.